The van der Waals surface area contributed by atoms with Crippen LogP contribution in [0.1, 0.15) is 11.1 Å². The van der Waals surface area contributed by atoms with Gasteiger partial charge in [-0.1, -0.05) is 0 Å². The van der Waals surface area contributed by atoms with Crippen LogP contribution in [-0.2, 0) is 6.18 Å². The number of aromatic nitrogens is 2. The molecule has 8 heteroatoms. The van der Waals surface area contributed by atoms with Crippen molar-refractivity contribution in [3.63, 3.8) is 0 Å². The highest BCUT2D eigenvalue weighted by Gasteiger charge is 2.36. The van der Waals surface area contributed by atoms with Crippen LogP contribution in [0.15, 0.2) is 23.1 Å². The van der Waals surface area contributed by atoms with Crippen molar-refractivity contribution in [3.8, 4) is 5.69 Å². The molecule has 0 aliphatic rings. The second kappa shape index (κ2) is 4.22. The van der Waals surface area contributed by atoms with Crippen LogP contribution in [0, 0.1) is 18.6 Å². The average Bonchev–Trinajstić information content (AvgIpc) is 2.68. The van der Waals surface area contributed by atoms with E-state index in [2.05, 4.69) is 0 Å². The molecule has 1 heterocycles. The molecule has 0 unspecified atom stereocenters. The second-order valence-electron chi connectivity index (χ2n) is 3.83. The zero-order valence-electron chi connectivity index (χ0n) is 9.48. The van der Waals surface area contributed by atoms with Crippen molar-refractivity contribution in [2.75, 3.05) is 0 Å². The van der Waals surface area contributed by atoms with E-state index in [9.17, 15) is 26.7 Å². The number of benzene rings is 1. The number of hydrogen-bond acceptors (Lipinski definition) is 1. The number of aromatic amines is 1. The van der Waals surface area contributed by atoms with Gasteiger partial charge in [-0.25, -0.2) is 13.5 Å². The SMILES string of the molecule is Cc1c(F)ccc(-n2[nH]cc(C(F)(F)F)c2=O)c1F. The van der Waals surface area contributed by atoms with Crippen molar-refractivity contribution >= 4 is 0 Å². The molecule has 0 saturated carbocycles. The Bertz CT molecular complexity index is 683. The van der Waals surface area contributed by atoms with Crippen molar-refractivity contribution in [1.29, 1.82) is 0 Å². The zero-order chi connectivity index (χ0) is 14.4. The zero-order valence-corrected chi connectivity index (χ0v) is 9.48. The summed E-state index contributed by atoms with van der Waals surface area (Å²) in [4.78, 5) is 11.5. The van der Waals surface area contributed by atoms with Crippen LogP contribution in [0.4, 0.5) is 22.0 Å². The summed E-state index contributed by atoms with van der Waals surface area (Å²) >= 11 is 0. The molecule has 0 amide bonds. The Kier molecular flexibility index (Phi) is 2.95. The lowest BCUT2D eigenvalue weighted by Crippen LogP contribution is -2.23. The molecule has 1 N–H and O–H groups in total. The van der Waals surface area contributed by atoms with Crippen LogP contribution in [0.3, 0.4) is 0 Å². The summed E-state index contributed by atoms with van der Waals surface area (Å²) < 4.78 is 64.5. The molecule has 0 fully saturated rings. The van der Waals surface area contributed by atoms with Gasteiger partial charge in [-0.15, -0.1) is 0 Å². The van der Waals surface area contributed by atoms with Gasteiger partial charge in [0.25, 0.3) is 5.56 Å². The molecule has 0 radical (unpaired) electrons. The summed E-state index contributed by atoms with van der Waals surface area (Å²) in [6.45, 7) is 1.12. The first-order valence-electron chi connectivity index (χ1n) is 5.06. The molecular weight excluding hydrogens is 271 g/mol. The normalized spacial score (nSPS) is 11.9. The molecule has 2 aromatic rings. The molecule has 1 aromatic carbocycles. The van der Waals surface area contributed by atoms with E-state index >= 15 is 0 Å². The van der Waals surface area contributed by atoms with Crippen LogP contribution in [0.2, 0.25) is 0 Å². The van der Waals surface area contributed by atoms with Gasteiger partial charge < -0.3 is 0 Å². The van der Waals surface area contributed by atoms with Crippen LogP contribution in [0.5, 0.6) is 0 Å². The van der Waals surface area contributed by atoms with E-state index in [-0.39, 0.29) is 5.56 Å². The Morgan fingerprint density at radius 3 is 2.37 bits per heavy atom. The van der Waals surface area contributed by atoms with Gasteiger partial charge in [-0.05, 0) is 19.1 Å². The van der Waals surface area contributed by atoms with Gasteiger partial charge in [-0.3, -0.25) is 9.89 Å². The maximum atomic E-state index is 13.7. The Morgan fingerprint density at radius 1 is 1.21 bits per heavy atom. The smallest absolute Gasteiger partial charge is 0.297 e. The molecule has 0 aliphatic carbocycles. The molecule has 0 bridgehead atoms. The van der Waals surface area contributed by atoms with Gasteiger partial charge in [-0.2, -0.15) is 13.2 Å². The predicted octanol–water partition coefficient (Wildman–Crippen LogP) is 2.77. The van der Waals surface area contributed by atoms with Gasteiger partial charge in [0.05, 0.1) is 0 Å². The number of nitrogens with one attached hydrogen (secondary N) is 1. The minimum absolute atomic E-state index is 0.380. The van der Waals surface area contributed by atoms with Gasteiger partial charge in [0, 0.05) is 11.8 Å². The first kappa shape index (κ1) is 13.3. The van der Waals surface area contributed by atoms with Crippen molar-refractivity contribution in [2.24, 2.45) is 0 Å². The fraction of sp³-hybridized carbons (Fsp3) is 0.182. The van der Waals surface area contributed by atoms with Crippen molar-refractivity contribution in [3.05, 3.63) is 51.4 Å². The summed E-state index contributed by atoms with van der Waals surface area (Å²) in [5, 5.41) is 2.01. The second-order valence-corrected chi connectivity index (χ2v) is 3.83. The number of H-pyrrole nitrogens is 1. The van der Waals surface area contributed by atoms with E-state index in [1.54, 1.807) is 0 Å². The number of halogens is 5. The van der Waals surface area contributed by atoms with E-state index in [4.69, 9.17) is 0 Å². The Morgan fingerprint density at radius 2 is 1.84 bits per heavy atom. The van der Waals surface area contributed by atoms with Crippen LogP contribution < -0.4 is 5.56 Å². The number of nitrogens with zero attached hydrogens (tertiary/aromatic N) is 1. The highest BCUT2D eigenvalue weighted by Crippen LogP contribution is 2.26. The quantitative estimate of drug-likeness (QED) is 0.800. The lowest BCUT2D eigenvalue weighted by atomic mass is 10.2. The summed E-state index contributed by atoms with van der Waals surface area (Å²) in [6.07, 6.45) is -4.41. The topological polar surface area (TPSA) is 37.8 Å². The lowest BCUT2D eigenvalue weighted by Gasteiger charge is -2.06. The summed E-state index contributed by atoms with van der Waals surface area (Å²) in [7, 11) is 0. The molecule has 1 aromatic heterocycles. The first-order chi connectivity index (χ1) is 8.73. The predicted molar refractivity (Wildman–Crippen MR) is 56.0 cm³/mol. The van der Waals surface area contributed by atoms with E-state index in [1.165, 1.54) is 0 Å². The molecule has 102 valence electrons. The van der Waals surface area contributed by atoms with E-state index in [0.717, 1.165) is 19.1 Å². The fourth-order valence-corrected chi connectivity index (χ4v) is 1.57. The Hall–Kier alpha value is -2.12. The number of hydrogen-bond donors (Lipinski definition) is 1. The first-order valence-corrected chi connectivity index (χ1v) is 5.06. The number of alkyl halides is 3. The van der Waals surface area contributed by atoms with Crippen molar-refractivity contribution in [1.82, 2.24) is 9.78 Å². The summed E-state index contributed by atoms with van der Waals surface area (Å²) in [5.74, 6) is -1.95. The lowest BCUT2D eigenvalue weighted by molar-refractivity contribution is -0.138. The van der Waals surface area contributed by atoms with E-state index < -0.39 is 34.6 Å². The van der Waals surface area contributed by atoms with Gasteiger partial charge in [0.2, 0.25) is 0 Å². The van der Waals surface area contributed by atoms with Gasteiger partial charge in [0.15, 0.2) is 5.82 Å². The molecule has 0 atom stereocenters. The Labute approximate surface area is 103 Å². The average molecular weight is 278 g/mol. The van der Waals surface area contributed by atoms with Gasteiger partial charge >= 0.3 is 6.18 Å². The van der Waals surface area contributed by atoms with E-state index in [0.29, 0.717) is 10.9 Å². The highest BCUT2D eigenvalue weighted by atomic mass is 19.4. The molecular formula is C11H7F5N2O. The minimum atomic E-state index is -4.84. The van der Waals surface area contributed by atoms with Crippen molar-refractivity contribution in [2.45, 2.75) is 13.1 Å². The maximum absolute atomic E-state index is 13.7. The third-order valence-corrected chi connectivity index (χ3v) is 2.62. The van der Waals surface area contributed by atoms with E-state index in [1.807, 2.05) is 5.10 Å². The van der Waals surface area contributed by atoms with Crippen LogP contribution >= 0.6 is 0 Å². The molecule has 0 saturated heterocycles. The third-order valence-electron chi connectivity index (χ3n) is 2.62. The van der Waals surface area contributed by atoms with Crippen molar-refractivity contribution < 1.29 is 22.0 Å². The fourth-order valence-electron chi connectivity index (χ4n) is 1.57. The Balaban J connectivity index is 2.65. The largest absolute Gasteiger partial charge is 0.423 e. The molecule has 19 heavy (non-hydrogen) atoms. The summed E-state index contributed by atoms with van der Waals surface area (Å²) in [5.41, 5.74) is -3.75. The van der Waals surface area contributed by atoms with Crippen LogP contribution in [0.25, 0.3) is 5.69 Å². The third kappa shape index (κ3) is 2.13. The van der Waals surface area contributed by atoms with Gasteiger partial charge in [0.1, 0.15) is 17.1 Å². The van der Waals surface area contributed by atoms with Crippen LogP contribution in [-0.4, -0.2) is 9.78 Å². The monoisotopic (exact) mass is 278 g/mol. The molecule has 3 nitrogen and oxygen atoms in total. The molecule has 0 aliphatic heterocycles. The summed E-state index contributed by atoms with van der Waals surface area (Å²) in [6, 6.07) is 1.75. The number of rotatable bonds is 1. The molecule has 0 spiro atoms. The maximum Gasteiger partial charge on any atom is 0.423 e. The highest BCUT2D eigenvalue weighted by molar-refractivity contribution is 5.38. The standard InChI is InChI=1S/C11H7F5N2O/c1-5-7(12)2-3-8(9(5)13)18-10(19)6(4-17-18)11(14,15)16/h2-4,17H,1H3. The minimum Gasteiger partial charge on any atom is -0.297 e. The molecule has 2 rings (SSSR count).